The fourth-order valence-electron chi connectivity index (χ4n) is 6.73. The van der Waals surface area contributed by atoms with E-state index in [0.717, 1.165) is 66.6 Å². The maximum atomic E-state index is 15.9. The Hall–Kier alpha value is -3.39. The number of rotatable bonds is 7. The van der Waals surface area contributed by atoms with Gasteiger partial charge in [-0.05, 0) is 70.8 Å². The fraction of sp³-hybridized carbons (Fsp3) is 0.382. The predicted molar refractivity (Wildman–Crippen MR) is 156 cm³/mol. The van der Waals surface area contributed by atoms with Gasteiger partial charge in [0, 0.05) is 44.3 Å². The molecule has 2 heterocycles. The van der Waals surface area contributed by atoms with Crippen LogP contribution in [-0.4, -0.2) is 65.3 Å². The van der Waals surface area contributed by atoms with Crippen LogP contribution >= 0.6 is 0 Å². The van der Waals surface area contributed by atoms with Crippen molar-refractivity contribution in [3.8, 4) is 5.75 Å². The number of fused-ring (bicyclic) bond motifs is 3. The Labute approximate surface area is 239 Å². The zero-order valence-electron chi connectivity index (χ0n) is 23.0. The van der Waals surface area contributed by atoms with Crippen molar-refractivity contribution in [1.29, 1.82) is 0 Å². The van der Waals surface area contributed by atoms with E-state index >= 15 is 8.78 Å². The highest BCUT2D eigenvalue weighted by Crippen LogP contribution is 2.53. The molecule has 4 atom stereocenters. The Balaban J connectivity index is 1.06. The molecule has 7 rings (SSSR count). The molecule has 3 unspecified atom stereocenters. The molecule has 5 nitrogen and oxygen atoms in total. The van der Waals surface area contributed by atoms with E-state index in [0.29, 0.717) is 29.3 Å². The minimum Gasteiger partial charge on any atom is -0.490 e. The van der Waals surface area contributed by atoms with Crippen LogP contribution < -0.4 is 4.74 Å². The van der Waals surface area contributed by atoms with Crippen LogP contribution in [0.3, 0.4) is 0 Å². The van der Waals surface area contributed by atoms with E-state index in [1.807, 2.05) is 66.7 Å². The van der Waals surface area contributed by atoms with E-state index in [1.54, 1.807) is 12.3 Å². The highest BCUT2D eigenvalue weighted by molar-refractivity contribution is 5.84. The van der Waals surface area contributed by atoms with Gasteiger partial charge in [0.15, 0.2) is 12.3 Å². The summed E-state index contributed by atoms with van der Waals surface area (Å²) in [6.45, 7) is 3.68. The van der Waals surface area contributed by atoms with E-state index in [9.17, 15) is 5.11 Å². The van der Waals surface area contributed by atoms with Crippen molar-refractivity contribution in [2.24, 2.45) is 0 Å². The molecule has 0 radical (unpaired) electrons. The Morgan fingerprint density at radius 2 is 1.54 bits per heavy atom. The monoisotopic (exact) mass is 555 g/mol. The lowest BCUT2D eigenvalue weighted by Crippen LogP contribution is -2.50. The molecule has 0 spiro atoms. The van der Waals surface area contributed by atoms with Gasteiger partial charge in [-0.25, -0.2) is 8.78 Å². The number of nitrogens with zero attached hydrogens (tertiary/aromatic N) is 3. The van der Waals surface area contributed by atoms with Gasteiger partial charge in [0.25, 0.3) is 0 Å². The van der Waals surface area contributed by atoms with Crippen molar-refractivity contribution in [1.82, 2.24) is 14.8 Å². The first-order chi connectivity index (χ1) is 20.1. The van der Waals surface area contributed by atoms with Gasteiger partial charge in [-0.3, -0.25) is 14.8 Å². The number of β-amino-alcohol motifs (C(OH)–C–C–N with tert-alkyl or cyclic N) is 1. The number of alkyl halides is 2. The van der Waals surface area contributed by atoms with Gasteiger partial charge in [0.1, 0.15) is 18.5 Å². The lowest BCUT2D eigenvalue weighted by atomic mass is 9.89. The molecule has 2 aliphatic carbocycles. The third-order valence-corrected chi connectivity index (χ3v) is 8.88. The van der Waals surface area contributed by atoms with Crippen molar-refractivity contribution in [3.05, 3.63) is 107 Å². The topological polar surface area (TPSA) is 48.8 Å². The molecule has 1 aliphatic heterocycles. The van der Waals surface area contributed by atoms with Gasteiger partial charge >= 0.3 is 0 Å². The molecule has 212 valence electrons. The molecule has 1 saturated heterocycles. The average molecular weight is 556 g/mol. The minimum absolute atomic E-state index is 0.192. The van der Waals surface area contributed by atoms with Crippen LogP contribution in [0.5, 0.6) is 5.75 Å². The molecular formula is C34H35F2N3O2. The van der Waals surface area contributed by atoms with E-state index in [-0.39, 0.29) is 12.6 Å². The number of pyridine rings is 1. The standard InChI is InChI=1S/C34H35F2N3O2/c35-32-25-6-1-2-7-26(25)34(28-9-3-8-24(22-13-14-22)31(28)33(32)36)39-18-16-38(17-19-39)20-23(40)21-41-30-12-4-11-29-27(30)10-5-15-37-29/h1-12,15,22-23,32-34,40H,13-14,16-21H2/t23-,32?,33?,34?/m1/s1. The number of aromatic nitrogens is 1. The lowest BCUT2D eigenvalue weighted by Gasteiger charge is -2.40. The quantitative estimate of drug-likeness (QED) is 0.290. The molecule has 3 aromatic carbocycles. The number of ether oxygens (including phenoxy) is 1. The molecule has 1 aromatic heterocycles. The number of hydrogen-bond donors (Lipinski definition) is 1. The summed E-state index contributed by atoms with van der Waals surface area (Å²) in [5, 5.41) is 11.7. The summed E-state index contributed by atoms with van der Waals surface area (Å²) < 4.78 is 37.7. The normalized spacial score (nSPS) is 23.9. The first-order valence-electron chi connectivity index (χ1n) is 14.7. The van der Waals surface area contributed by atoms with E-state index in [4.69, 9.17) is 4.74 Å². The predicted octanol–water partition coefficient (Wildman–Crippen LogP) is 6.29. The van der Waals surface area contributed by atoms with E-state index < -0.39 is 18.4 Å². The number of aliphatic hydroxyl groups excluding tert-OH is 1. The second-order valence-corrected chi connectivity index (χ2v) is 11.6. The third kappa shape index (κ3) is 5.11. The van der Waals surface area contributed by atoms with Gasteiger partial charge in [-0.2, -0.15) is 0 Å². The number of aliphatic hydroxyl groups is 1. The van der Waals surface area contributed by atoms with E-state index in [2.05, 4.69) is 14.8 Å². The molecule has 4 aromatic rings. The Bertz CT molecular complexity index is 1530. The lowest BCUT2D eigenvalue weighted by molar-refractivity contribution is 0.0403. The molecule has 3 aliphatic rings. The first-order valence-corrected chi connectivity index (χ1v) is 14.7. The second kappa shape index (κ2) is 11.1. The first kappa shape index (κ1) is 26.5. The molecule has 1 N–H and O–H groups in total. The summed E-state index contributed by atoms with van der Waals surface area (Å²) >= 11 is 0. The molecule has 1 saturated carbocycles. The Morgan fingerprint density at radius 3 is 2.34 bits per heavy atom. The van der Waals surface area contributed by atoms with Crippen LogP contribution in [0.25, 0.3) is 10.9 Å². The van der Waals surface area contributed by atoms with Crippen molar-refractivity contribution < 1.29 is 18.6 Å². The Kier molecular flexibility index (Phi) is 7.19. The zero-order chi connectivity index (χ0) is 27.9. The van der Waals surface area contributed by atoms with Gasteiger partial charge in [-0.15, -0.1) is 0 Å². The second-order valence-electron chi connectivity index (χ2n) is 11.6. The van der Waals surface area contributed by atoms with Crippen LogP contribution in [-0.2, 0) is 0 Å². The summed E-state index contributed by atoms with van der Waals surface area (Å²) in [4.78, 5) is 8.98. The highest BCUT2D eigenvalue weighted by Gasteiger charge is 2.42. The maximum Gasteiger partial charge on any atom is 0.161 e. The van der Waals surface area contributed by atoms with Crippen molar-refractivity contribution in [3.63, 3.8) is 0 Å². The summed E-state index contributed by atoms with van der Waals surface area (Å²) in [5.41, 5.74) is 4.64. The van der Waals surface area contributed by atoms with Gasteiger partial charge < -0.3 is 9.84 Å². The summed E-state index contributed by atoms with van der Waals surface area (Å²) in [7, 11) is 0. The molecule has 2 fully saturated rings. The summed E-state index contributed by atoms with van der Waals surface area (Å²) in [6.07, 6.45) is -0.149. The SMILES string of the molecule is O[C@@H](COc1cccc2ncccc12)CN1CCN(C2c3ccccc3C(F)C(F)c3c(C4CC4)cccc32)CC1. The third-order valence-electron chi connectivity index (χ3n) is 8.88. The molecule has 0 bridgehead atoms. The smallest absolute Gasteiger partial charge is 0.161 e. The van der Waals surface area contributed by atoms with Crippen LogP contribution in [0.15, 0.2) is 79.0 Å². The summed E-state index contributed by atoms with van der Waals surface area (Å²) in [6, 6.07) is 22.9. The number of benzene rings is 3. The zero-order valence-corrected chi connectivity index (χ0v) is 23.0. The van der Waals surface area contributed by atoms with Crippen molar-refractivity contribution >= 4 is 10.9 Å². The molecular weight excluding hydrogens is 520 g/mol. The van der Waals surface area contributed by atoms with E-state index in [1.165, 1.54) is 0 Å². The molecule has 0 amide bonds. The maximum absolute atomic E-state index is 15.9. The van der Waals surface area contributed by atoms with Gasteiger partial charge in [-0.1, -0.05) is 48.5 Å². The number of piperazine rings is 1. The van der Waals surface area contributed by atoms with Crippen molar-refractivity contribution in [2.75, 3.05) is 39.3 Å². The highest BCUT2D eigenvalue weighted by atomic mass is 19.2. The fourth-order valence-corrected chi connectivity index (χ4v) is 6.73. The molecule has 7 heteroatoms. The minimum atomic E-state index is -1.68. The van der Waals surface area contributed by atoms with Gasteiger partial charge in [0.2, 0.25) is 0 Å². The number of halogens is 2. The van der Waals surface area contributed by atoms with Crippen molar-refractivity contribution in [2.45, 2.75) is 43.2 Å². The van der Waals surface area contributed by atoms with Crippen LogP contribution in [0, 0.1) is 0 Å². The largest absolute Gasteiger partial charge is 0.490 e. The van der Waals surface area contributed by atoms with Crippen LogP contribution in [0.1, 0.15) is 65.0 Å². The molecule has 41 heavy (non-hydrogen) atoms. The van der Waals surface area contributed by atoms with Gasteiger partial charge in [0.05, 0.1) is 11.6 Å². The van der Waals surface area contributed by atoms with Crippen LogP contribution in [0.2, 0.25) is 0 Å². The average Bonchev–Trinajstić information content (AvgIpc) is 3.86. The summed E-state index contributed by atoms with van der Waals surface area (Å²) in [5.74, 6) is 1.05. The Morgan fingerprint density at radius 1 is 0.805 bits per heavy atom. The van der Waals surface area contributed by atoms with Crippen LogP contribution in [0.4, 0.5) is 8.78 Å². The number of hydrogen-bond acceptors (Lipinski definition) is 5.